The number of carbonyl (C=O) groups is 1. The summed E-state index contributed by atoms with van der Waals surface area (Å²) in [6, 6.07) is 7.32. The van der Waals surface area contributed by atoms with Crippen molar-refractivity contribution in [3.63, 3.8) is 0 Å². The van der Waals surface area contributed by atoms with Crippen LogP contribution in [-0.4, -0.2) is 30.4 Å². The summed E-state index contributed by atoms with van der Waals surface area (Å²) in [5.74, 6) is 0.567. The zero-order valence-corrected chi connectivity index (χ0v) is 9.99. The Labute approximate surface area is 101 Å². The van der Waals surface area contributed by atoms with E-state index in [0.717, 1.165) is 30.0 Å². The Bertz CT molecular complexity index is 377. The highest BCUT2D eigenvalue weighted by atomic mass is 32.1. The number of nitrogens with zero attached hydrogens (tertiary/aromatic N) is 1. The van der Waals surface area contributed by atoms with Crippen LogP contribution in [0.1, 0.15) is 16.8 Å². The predicted octanol–water partition coefficient (Wildman–Crippen LogP) is 1.40. The zero-order valence-electron chi connectivity index (χ0n) is 9.10. The van der Waals surface area contributed by atoms with E-state index in [-0.39, 0.29) is 5.91 Å². The lowest BCUT2D eigenvalue weighted by Gasteiger charge is -2.16. The van der Waals surface area contributed by atoms with E-state index in [1.165, 1.54) is 0 Å². The van der Waals surface area contributed by atoms with Crippen LogP contribution in [0.25, 0.3) is 0 Å². The second-order valence-corrected chi connectivity index (χ2v) is 4.70. The Morgan fingerprint density at radius 3 is 2.69 bits per heavy atom. The second-order valence-electron chi connectivity index (χ2n) is 4.19. The average molecular weight is 236 g/mol. The van der Waals surface area contributed by atoms with E-state index in [1.807, 2.05) is 29.2 Å². The lowest BCUT2D eigenvalue weighted by molar-refractivity contribution is 0.0787. The highest BCUT2D eigenvalue weighted by Gasteiger charge is 2.25. The van der Waals surface area contributed by atoms with Crippen LogP contribution in [0.2, 0.25) is 0 Å². The Morgan fingerprint density at radius 1 is 1.44 bits per heavy atom. The van der Waals surface area contributed by atoms with E-state index in [0.29, 0.717) is 12.5 Å². The summed E-state index contributed by atoms with van der Waals surface area (Å²) in [4.78, 5) is 14.8. The highest BCUT2D eigenvalue weighted by molar-refractivity contribution is 7.80. The van der Waals surface area contributed by atoms with E-state index >= 15 is 0 Å². The second kappa shape index (κ2) is 4.89. The summed E-state index contributed by atoms with van der Waals surface area (Å²) in [6.07, 6.45) is 1.02. The molecule has 0 aromatic heterocycles. The van der Waals surface area contributed by atoms with Gasteiger partial charge in [0.1, 0.15) is 0 Å². The number of carbonyl (C=O) groups excluding carboxylic acids is 1. The van der Waals surface area contributed by atoms with Crippen molar-refractivity contribution in [1.29, 1.82) is 0 Å². The Kier molecular flexibility index (Phi) is 3.51. The summed E-state index contributed by atoms with van der Waals surface area (Å²) in [7, 11) is 0. The van der Waals surface area contributed by atoms with Gasteiger partial charge in [0.25, 0.3) is 5.91 Å². The van der Waals surface area contributed by atoms with E-state index < -0.39 is 0 Å². The molecule has 0 saturated carbocycles. The largest absolute Gasteiger partial charge is 0.338 e. The van der Waals surface area contributed by atoms with Gasteiger partial charge in [-0.3, -0.25) is 4.79 Å². The number of rotatable bonds is 2. The molecule has 0 radical (unpaired) electrons. The third-order valence-corrected chi connectivity index (χ3v) is 3.32. The van der Waals surface area contributed by atoms with Gasteiger partial charge in [0.15, 0.2) is 0 Å². The van der Waals surface area contributed by atoms with Gasteiger partial charge in [-0.1, -0.05) is 0 Å². The van der Waals surface area contributed by atoms with E-state index in [1.54, 1.807) is 0 Å². The van der Waals surface area contributed by atoms with Gasteiger partial charge in [0.05, 0.1) is 0 Å². The first kappa shape index (κ1) is 11.5. The first-order valence-electron chi connectivity index (χ1n) is 5.49. The standard InChI is InChI=1S/C12H16N2OS/c13-7-9-5-6-14(8-9)12(15)10-1-3-11(16)4-2-10/h1-4,9,16H,5-8,13H2. The molecule has 0 aliphatic carbocycles. The molecule has 0 spiro atoms. The fourth-order valence-electron chi connectivity index (χ4n) is 2.00. The molecule has 1 aliphatic rings. The maximum atomic E-state index is 12.1. The quantitative estimate of drug-likeness (QED) is 0.762. The fraction of sp³-hybridized carbons (Fsp3) is 0.417. The van der Waals surface area contributed by atoms with Crippen molar-refractivity contribution < 1.29 is 4.79 Å². The number of thiol groups is 1. The van der Waals surface area contributed by atoms with Crippen LogP contribution in [0.15, 0.2) is 29.2 Å². The van der Waals surface area contributed by atoms with Gasteiger partial charge < -0.3 is 10.6 Å². The van der Waals surface area contributed by atoms with E-state index in [9.17, 15) is 4.79 Å². The molecule has 1 aromatic carbocycles. The van der Waals surface area contributed by atoms with Crippen LogP contribution < -0.4 is 5.73 Å². The number of hydrogen-bond acceptors (Lipinski definition) is 3. The van der Waals surface area contributed by atoms with Crippen LogP contribution in [0.5, 0.6) is 0 Å². The van der Waals surface area contributed by atoms with Gasteiger partial charge in [-0.15, -0.1) is 12.6 Å². The maximum Gasteiger partial charge on any atom is 0.253 e. The molecule has 4 heteroatoms. The molecule has 3 nitrogen and oxygen atoms in total. The van der Waals surface area contributed by atoms with Crippen molar-refractivity contribution in [2.75, 3.05) is 19.6 Å². The number of amides is 1. The smallest absolute Gasteiger partial charge is 0.253 e. The molecule has 2 rings (SSSR count). The molecule has 1 fully saturated rings. The minimum Gasteiger partial charge on any atom is -0.338 e. The number of likely N-dealkylation sites (tertiary alicyclic amines) is 1. The molecule has 1 atom stereocenters. The summed E-state index contributed by atoms with van der Waals surface area (Å²) in [5, 5.41) is 0. The minimum atomic E-state index is 0.101. The number of benzene rings is 1. The van der Waals surface area contributed by atoms with Crippen molar-refractivity contribution in [2.45, 2.75) is 11.3 Å². The zero-order chi connectivity index (χ0) is 11.5. The highest BCUT2D eigenvalue weighted by Crippen LogP contribution is 2.18. The SMILES string of the molecule is NCC1CCN(C(=O)c2ccc(S)cc2)C1. The Morgan fingerprint density at radius 2 is 2.12 bits per heavy atom. The molecule has 1 amide bonds. The molecule has 1 saturated heterocycles. The first-order chi connectivity index (χ1) is 7.70. The Balaban J connectivity index is 2.05. The monoisotopic (exact) mass is 236 g/mol. The van der Waals surface area contributed by atoms with Crippen LogP contribution in [-0.2, 0) is 0 Å². The lowest BCUT2D eigenvalue weighted by atomic mass is 10.1. The third kappa shape index (κ3) is 2.39. The van der Waals surface area contributed by atoms with Crippen LogP contribution in [0.3, 0.4) is 0 Å². The van der Waals surface area contributed by atoms with Crippen molar-refractivity contribution in [3.8, 4) is 0 Å². The molecular weight excluding hydrogens is 220 g/mol. The van der Waals surface area contributed by atoms with E-state index in [2.05, 4.69) is 12.6 Å². The van der Waals surface area contributed by atoms with Gasteiger partial charge in [0.2, 0.25) is 0 Å². The molecule has 16 heavy (non-hydrogen) atoms. The van der Waals surface area contributed by atoms with Gasteiger partial charge in [-0.2, -0.15) is 0 Å². The van der Waals surface area contributed by atoms with Crippen molar-refractivity contribution >= 4 is 18.5 Å². The van der Waals surface area contributed by atoms with Gasteiger partial charge in [-0.05, 0) is 43.1 Å². The van der Waals surface area contributed by atoms with Crippen molar-refractivity contribution in [2.24, 2.45) is 11.7 Å². The van der Waals surface area contributed by atoms with Crippen LogP contribution in [0.4, 0.5) is 0 Å². The molecule has 0 bridgehead atoms. The molecule has 1 heterocycles. The number of nitrogens with two attached hydrogens (primary N) is 1. The minimum absolute atomic E-state index is 0.101. The van der Waals surface area contributed by atoms with Crippen LogP contribution in [0, 0.1) is 5.92 Å². The third-order valence-electron chi connectivity index (χ3n) is 3.02. The van der Waals surface area contributed by atoms with Gasteiger partial charge >= 0.3 is 0 Å². The first-order valence-corrected chi connectivity index (χ1v) is 5.94. The lowest BCUT2D eigenvalue weighted by Crippen LogP contribution is -2.29. The topological polar surface area (TPSA) is 46.3 Å². The summed E-state index contributed by atoms with van der Waals surface area (Å²) in [6.45, 7) is 2.28. The average Bonchev–Trinajstić information content (AvgIpc) is 2.77. The summed E-state index contributed by atoms with van der Waals surface area (Å²) >= 11 is 4.20. The predicted molar refractivity (Wildman–Crippen MR) is 66.8 cm³/mol. The maximum absolute atomic E-state index is 12.1. The van der Waals surface area contributed by atoms with Gasteiger partial charge in [-0.25, -0.2) is 0 Å². The molecule has 2 N–H and O–H groups in total. The number of hydrogen-bond donors (Lipinski definition) is 2. The molecule has 1 aliphatic heterocycles. The summed E-state index contributed by atoms with van der Waals surface area (Å²) in [5.41, 5.74) is 6.34. The Hall–Kier alpha value is -1.00. The summed E-state index contributed by atoms with van der Waals surface area (Å²) < 4.78 is 0. The molecule has 1 unspecified atom stereocenters. The van der Waals surface area contributed by atoms with E-state index in [4.69, 9.17) is 5.73 Å². The fourth-order valence-corrected chi connectivity index (χ4v) is 2.15. The molecule has 86 valence electrons. The van der Waals surface area contributed by atoms with Gasteiger partial charge in [0, 0.05) is 23.5 Å². The normalized spacial score (nSPS) is 20.1. The molecule has 1 aromatic rings. The van der Waals surface area contributed by atoms with Crippen molar-refractivity contribution in [1.82, 2.24) is 4.90 Å². The van der Waals surface area contributed by atoms with Crippen molar-refractivity contribution in [3.05, 3.63) is 29.8 Å². The molecular formula is C12H16N2OS. The van der Waals surface area contributed by atoms with Crippen LogP contribution >= 0.6 is 12.6 Å².